The second-order valence-electron chi connectivity index (χ2n) is 2.70. The van der Waals surface area contributed by atoms with Gasteiger partial charge < -0.3 is 9.67 Å². The van der Waals surface area contributed by atoms with Crippen LogP contribution in [0, 0.1) is 0 Å². The van der Waals surface area contributed by atoms with E-state index in [0.717, 1.165) is 12.8 Å². The smallest absolute Gasteiger partial charge is 0.0948 e. The van der Waals surface area contributed by atoms with Gasteiger partial charge in [0.25, 0.3) is 0 Å². The van der Waals surface area contributed by atoms with Gasteiger partial charge in [-0.2, -0.15) is 0 Å². The van der Waals surface area contributed by atoms with Crippen LogP contribution in [0.4, 0.5) is 0 Å². The fraction of sp³-hybridized carbons (Fsp3) is 0.444. The molecule has 1 heterocycles. The van der Waals surface area contributed by atoms with Crippen molar-refractivity contribution in [3.05, 3.63) is 31.4 Å². The molecule has 3 nitrogen and oxygen atoms in total. The molecule has 0 aliphatic rings. The third kappa shape index (κ3) is 2.20. The number of allylic oxidation sites excluding steroid dienone is 1. The Bertz CT molecular complexity index is 218. The van der Waals surface area contributed by atoms with E-state index in [-0.39, 0.29) is 6.61 Å². The molecular formula is C9H14N2O. The van der Waals surface area contributed by atoms with E-state index in [1.165, 1.54) is 0 Å². The Labute approximate surface area is 72.4 Å². The lowest BCUT2D eigenvalue weighted by Gasteiger charge is -2.14. The first-order valence-corrected chi connectivity index (χ1v) is 4.07. The van der Waals surface area contributed by atoms with Crippen molar-refractivity contribution in [2.45, 2.75) is 18.9 Å². The molecule has 1 N–H and O–H groups in total. The van der Waals surface area contributed by atoms with Crippen molar-refractivity contribution in [2.24, 2.45) is 0 Å². The van der Waals surface area contributed by atoms with Gasteiger partial charge in [-0.25, -0.2) is 4.98 Å². The molecule has 0 saturated carbocycles. The molecule has 1 aromatic rings. The SMILES string of the molecule is C=CCC(CCO)n1ccnc1. The van der Waals surface area contributed by atoms with Crippen molar-refractivity contribution in [3.8, 4) is 0 Å². The summed E-state index contributed by atoms with van der Waals surface area (Å²) in [5.41, 5.74) is 0. The summed E-state index contributed by atoms with van der Waals surface area (Å²) in [5.74, 6) is 0. The maximum atomic E-state index is 8.79. The average Bonchev–Trinajstić information content (AvgIpc) is 2.56. The van der Waals surface area contributed by atoms with Crippen molar-refractivity contribution in [2.75, 3.05) is 6.61 Å². The third-order valence-corrected chi connectivity index (χ3v) is 1.85. The maximum absolute atomic E-state index is 8.79. The molecule has 66 valence electrons. The number of aromatic nitrogens is 2. The van der Waals surface area contributed by atoms with Crippen LogP contribution in [-0.4, -0.2) is 21.3 Å². The summed E-state index contributed by atoms with van der Waals surface area (Å²) in [6, 6.07) is 0.301. The molecule has 12 heavy (non-hydrogen) atoms. The molecule has 0 amide bonds. The molecule has 0 bridgehead atoms. The molecule has 1 unspecified atom stereocenters. The standard InChI is InChI=1S/C9H14N2O/c1-2-3-9(4-7-12)11-6-5-10-8-11/h2,5-6,8-9,12H,1,3-4,7H2. The zero-order valence-electron chi connectivity index (χ0n) is 7.06. The van der Waals surface area contributed by atoms with Crippen molar-refractivity contribution in [3.63, 3.8) is 0 Å². The Morgan fingerprint density at radius 2 is 2.50 bits per heavy atom. The fourth-order valence-electron chi connectivity index (χ4n) is 1.22. The molecule has 0 spiro atoms. The van der Waals surface area contributed by atoms with E-state index in [1.807, 2.05) is 16.8 Å². The van der Waals surface area contributed by atoms with E-state index >= 15 is 0 Å². The van der Waals surface area contributed by atoms with Crippen LogP contribution >= 0.6 is 0 Å². The Morgan fingerprint density at radius 1 is 1.67 bits per heavy atom. The van der Waals surface area contributed by atoms with Gasteiger partial charge >= 0.3 is 0 Å². The highest BCUT2D eigenvalue weighted by Crippen LogP contribution is 2.14. The molecule has 0 aromatic carbocycles. The number of imidazole rings is 1. The van der Waals surface area contributed by atoms with Crippen LogP contribution in [0.15, 0.2) is 31.4 Å². The van der Waals surface area contributed by atoms with Gasteiger partial charge in [-0.3, -0.25) is 0 Å². The zero-order valence-corrected chi connectivity index (χ0v) is 7.06. The highest BCUT2D eigenvalue weighted by Gasteiger charge is 2.06. The summed E-state index contributed by atoms with van der Waals surface area (Å²) in [6.07, 6.45) is 8.90. The maximum Gasteiger partial charge on any atom is 0.0948 e. The second-order valence-corrected chi connectivity index (χ2v) is 2.70. The van der Waals surface area contributed by atoms with Gasteiger partial charge in [-0.15, -0.1) is 6.58 Å². The van der Waals surface area contributed by atoms with Gasteiger partial charge in [-0.05, 0) is 12.8 Å². The van der Waals surface area contributed by atoms with Crippen molar-refractivity contribution >= 4 is 0 Å². The molecule has 1 aromatic heterocycles. The molecule has 0 fully saturated rings. The Balaban J connectivity index is 2.59. The van der Waals surface area contributed by atoms with Crippen LogP contribution in [0.2, 0.25) is 0 Å². The zero-order chi connectivity index (χ0) is 8.81. The summed E-state index contributed by atoms with van der Waals surface area (Å²) >= 11 is 0. The van der Waals surface area contributed by atoms with Gasteiger partial charge in [0.15, 0.2) is 0 Å². The van der Waals surface area contributed by atoms with Crippen LogP contribution in [0.5, 0.6) is 0 Å². The van der Waals surface area contributed by atoms with Crippen LogP contribution in [0.3, 0.4) is 0 Å². The Kier molecular flexibility index (Phi) is 3.54. The predicted octanol–water partition coefficient (Wildman–Crippen LogP) is 1.38. The van der Waals surface area contributed by atoms with Gasteiger partial charge in [-0.1, -0.05) is 6.08 Å². The lowest BCUT2D eigenvalue weighted by molar-refractivity contribution is 0.257. The first kappa shape index (κ1) is 9.00. The quantitative estimate of drug-likeness (QED) is 0.671. The first-order chi connectivity index (χ1) is 5.88. The number of rotatable bonds is 5. The Morgan fingerprint density at radius 3 is 3.00 bits per heavy atom. The first-order valence-electron chi connectivity index (χ1n) is 4.07. The summed E-state index contributed by atoms with van der Waals surface area (Å²) in [7, 11) is 0. The van der Waals surface area contributed by atoms with E-state index in [9.17, 15) is 0 Å². The minimum atomic E-state index is 0.205. The summed E-state index contributed by atoms with van der Waals surface area (Å²) < 4.78 is 2.00. The minimum Gasteiger partial charge on any atom is -0.396 e. The van der Waals surface area contributed by atoms with Crippen molar-refractivity contribution in [1.82, 2.24) is 9.55 Å². The number of hydrogen-bond donors (Lipinski definition) is 1. The molecule has 0 aliphatic carbocycles. The monoisotopic (exact) mass is 166 g/mol. The predicted molar refractivity (Wildman–Crippen MR) is 47.8 cm³/mol. The molecule has 0 aliphatic heterocycles. The second kappa shape index (κ2) is 4.72. The molecule has 1 rings (SSSR count). The highest BCUT2D eigenvalue weighted by atomic mass is 16.3. The van der Waals surface area contributed by atoms with E-state index in [1.54, 1.807) is 12.5 Å². The van der Waals surface area contributed by atoms with E-state index in [0.29, 0.717) is 6.04 Å². The topological polar surface area (TPSA) is 38.0 Å². The highest BCUT2D eigenvalue weighted by molar-refractivity contribution is 4.84. The summed E-state index contributed by atoms with van der Waals surface area (Å²) in [4.78, 5) is 3.95. The van der Waals surface area contributed by atoms with E-state index < -0.39 is 0 Å². The third-order valence-electron chi connectivity index (χ3n) is 1.85. The molecule has 1 atom stereocenters. The van der Waals surface area contributed by atoms with Gasteiger partial charge in [0.1, 0.15) is 0 Å². The van der Waals surface area contributed by atoms with E-state index in [2.05, 4.69) is 11.6 Å². The van der Waals surface area contributed by atoms with E-state index in [4.69, 9.17) is 5.11 Å². The number of nitrogens with zero attached hydrogens (tertiary/aromatic N) is 2. The lowest BCUT2D eigenvalue weighted by Crippen LogP contribution is -2.07. The summed E-state index contributed by atoms with van der Waals surface area (Å²) in [6.45, 7) is 3.88. The molecule has 0 radical (unpaired) electrons. The van der Waals surface area contributed by atoms with Crippen LogP contribution in [0.1, 0.15) is 18.9 Å². The minimum absolute atomic E-state index is 0.205. The largest absolute Gasteiger partial charge is 0.396 e. The number of hydrogen-bond acceptors (Lipinski definition) is 2. The molecule has 0 saturated heterocycles. The van der Waals surface area contributed by atoms with Gasteiger partial charge in [0.2, 0.25) is 0 Å². The number of aliphatic hydroxyl groups is 1. The van der Waals surface area contributed by atoms with Crippen molar-refractivity contribution in [1.29, 1.82) is 0 Å². The normalized spacial score (nSPS) is 12.8. The molecule has 3 heteroatoms. The van der Waals surface area contributed by atoms with Crippen LogP contribution in [0.25, 0.3) is 0 Å². The molecular weight excluding hydrogens is 152 g/mol. The Hall–Kier alpha value is -1.09. The van der Waals surface area contributed by atoms with Crippen LogP contribution < -0.4 is 0 Å². The average molecular weight is 166 g/mol. The van der Waals surface area contributed by atoms with Gasteiger partial charge in [0, 0.05) is 25.0 Å². The van der Waals surface area contributed by atoms with Gasteiger partial charge in [0.05, 0.1) is 6.33 Å². The fourth-order valence-corrected chi connectivity index (χ4v) is 1.22. The summed E-state index contributed by atoms with van der Waals surface area (Å²) in [5, 5.41) is 8.79. The lowest BCUT2D eigenvalue weighted by atomic mass is 10.1. The number of aliphatic hydroxyl groups excluding tert-OH is 1. The van der Waals surface area contributed by atoms with Crippen molar-refractivity contribution < 1.29 is 5.11 Å². The van der Waals surface area contributed by atoms with Crippen LogP contribution in [-0.2, 0) is 0 Å².